The quantitative estimate of drug-likeness (QED) is 0.794. The van der Waals surface area contributed by atoms with Crippen molar-refractivity contribution in [2.24, 2.45) is 0 Å². The van der Waals surface area contributed by atoms with E-state index in [2.05, 4.69) is 9.97 Å². The van der Waals surface area contributed by atoms with Crippen LogP contribution in [-0.4, -0.2) is 49.2 Å². The van der Waals surface area contributed by atoms with Gasteiger partial charge < -0.3 is 9.45 Å². The van der Waals surface area contributed by atoms with Crippen molar-refractivity contribution in [3.05, 3.63) is 42.5 Å². The zero-order valence-corrected chi connectivity index (χ0v) is 12.5. The van der Waals surface area contributed by atoms with Crippen molar-refractivity contribution in [2.45, 2.75) is 0 Å². The van der Waals surface area contributed by atoms with Gasteiger partial charge in [-0.25, -0.2) is 18.7 Å². The summed E-state index contributed by atoms with van der Waals surface area (Å²) in [4.78, 5) is 10.6. The van der Waals surface area contributed by atoms with Crippen LogP contribution in [0, 0.1) is 5.82 Å². The predicted octanol–water partition coefficient (Wildman–Crippen LogP) is 1.20. The van der Waals surface area contributed by atoms with Crippen LogP contribution in [0.25, 0.3) is 11.1 Å². The topological polar surface area (TPSA) is 72.4 Å². The summed E-state index contributed by atoms with van der Waals surface area (Å²) in [5.74, 6) is 0.289. The number of anilines is 1. The summed E-state index contributed by atoms with van der Waals surface area (Å²) in [7, 11) is 0. The lowest BCUT2D eigenvalue weighted by molar-refractivity contribution is 0.365. The molecule has 3 rings (SSSR count). The van der Waals surface area contributed by atoms with Crippen molar-refractivity contribution in [3.8, 4) is 11.1 Å². The summed E-state index contributed by atoms with van der Waals surface area (Å²) in [6.07, 6.45) is 3.38. The van der Waals surface area contributed by atoms with Crippen LogP contribution in [0.1, 0.15) is 0 Å². The Morgan fingerprint density at radius 3 is 2.14 bits per heavy atom. The Kier molecular flexibility index (Phi) is 4.41. The Morgan fingerprint density at radius 2 is 1.59 bits per heavy atom. The van der Waals surface area contributed by atoms with Crippen LogP contribution in [0.3, 0.4) is 0 Å². The van der Waals surface area contributed by atoms with Gasteiger partial charge in [0.25, 0.3) is 0 Å². The molecule has 1 aliphatic heterocycles. The minimum atomic E-state index is -2.17. The van der Waals surface area contributed by atoms with Crippen LogP contribution >= 0.6 is 0 Å². The van der Waals surface area contributed by atoms with Crippen molar-refractivity contribution in [2.75, 3.05) is 31.1 Å². The van der Waals surface area contributed by atoms with Gasteiger partial charge in [-0.15, -0.1) is 0 Å². The molecule has 22 heavy (non-hydrogen) atoms. The van der Waals surface area contributed by atoms with Gasteiger partial charge in [0.2, 0.25) is 5.95 Å². The van der Waals surface area contributed by atoms with E-state index < -0.39 is 11.3 Å². The van der Waals surface area contributed by atoms with Crippen LogP contribution in [-0.2, 0) is 11.3 Å². The standard InChI is InChI=1S/C14H15FN4O2S/c15-13-3-1-11(2-4-13)12-9-16-14(17-10-12)18-5-7-19(8-6-18)22(20)21/h1-4,9-10H,5-8H2,(H,20,21)/p-1. The Labute approximate surface area is 130 Å². The van der Waals surface area contributed by atoms with E-state index in [9.17, 15) is 13.2 Å². The van der Waals surface area contributed by atoms with Crippen LogP contribution < -0.4 is 4.90 Å². The van der Waals surface area contributed by atoms with E-state index in [4.69, 9.17) is 0 Å². The molecule has 1 aliphatic rings. The van der Waals surface area contributed by atoms with Gasteiger partial charge in [0.15, 0.2) is 0 Å². The van der Waals surface area contributed by atoms with E-state index in [1.807, 2.05) is 4.90 Å². The average Bonchev–Trinajstić information content (AvgIpc) is 2.56. The van der Waals surface area contributed by atoms with Gasteiger partial charge in [0, 0.05) is 55.4 Å². The minimum Gasteiger partial charge on any atom is -0.760 e. The molecule has 0 aliphatic carbocycles. The summed E-state index contributed by atoms with van der Waals surface area (Å²) in [6, 6.07) is 6.14. The predicted molar refractivity (Wildman–Crippen MR) is 80.1 cm³/mol. The van der Waals surface area contributed by atoms with Crippen molar-refractivity contribution in [3.63, 3.8) is 0 Å². The Hall–Kier alpha value is -1.90. The zero-order chi connectivity index (χ0) is 15.5. The molecule has 1 saturated heterocycles. The second kappa shape index (κ2) is 6.47. The van der Waals surface area contributed by atoms with Crippen molar-refractivity contribution >= 4 is 17.2 Å². The third-order valence-electron chi connectivity index (χ3n) is 3.55. The third kappa shape index (κ3) is 3.29. The maximum absolute atomic E-state index is 12.9. The van der Waals surface area contributed by atoms with Crippen LogP contribution in [0.5, 0.6) is 0 Å². The molecule has 0 spiro atoms. The molecule has 2 heterocycles. The molecular weight excluding hydrogens is 307 g/mol. The number of rotatable bonds is 3. The van der Waals surface area contributed by atoms with Gasteiger partial charge in [-0.1, -0.05) is 12.1 Å². The summed E-state index contributed by atoms with van der Waals surface area (Å²) in [6.45, 7) is 1.98. The smallest absolute Gasteiger partial charge is 0.225 e. The second-order valence-corrected chi connectivity index (χ2v) is 5.86. The Balaban J connectivity index is 1.70. The molecule has 1 fully saturated rings. The monoisotopic (exact) mass is 321 g/mol. The molecule has 1 aromatic heterocycles. The first-order valence-electron chi connectivity index (χ1n) is 6.81. The molecule has 6 nitrogen and oxygen atoms in total. The van der Waals surface area contributed by atoms with Crippen LogP contribution in [0.2, 0.25) is 0 Å². The number of aromatic nitrogens is 2. The van der Waals surface area contributed by atoms with E-state index in [1.165, 1.54) is 16.4 Å². The van der Waals surface area contributed by atoms with Gasteiger partial charge in [-0.2, -0.15) is 0 Å². The number of nitrogens with zero attached hydrogens (tertiary/aromatic N) is 4. The lowest BCUT2D eigenvalue weighted by atomic mass is 10.1. The normalized spacial score (nSPS) is 17.5. The number of hydrogen-bond acceptors (Lipinski definition) is 5. The molecule has 0 saturated carbocycles. The maximum atomic E-state index is 12.9. The van der Waals surface area contributed by atoms with Crippen LogP contribution in [0.4, 0.5) is 10.3 Å². The third-order valence-corrected chi connectivity index (χ3v) is 4.33. The molecule has 116 valence electrons. The molecule has 0 amide bonds. The Morgan fingerprint density at radius 1 is 1.00 bits per heavy atom. The van der Waals surface area contributed by atoms with Crippen molar-refractivity contribution in [1.82, 2.24) is 14.3 Å². The largest absolute Gasteiger partial charge is 0.760 e. The Bertz CT molecular complexity index is 658. The number of hydrogen-bond donors (Lipinski definition) is 0. The van der Waals surface area contributed by atoms with Crippen molar-refractivity contribution < 1.29 is 13.2 Å². The van der Waals surface area contributed by atoms with E-state index >= 15 is 0 Å². The summed E-state index contributed by atoms with van der Waals surface area (Å²) >= 11 is -2.17. The molecule has 1 aromatic carbocycles. The highest BCUT2D eigenvalue weighted by molar-refractivity contribution is 7.76. The minimum absolute atomic E-state index is 0.282. The van der Waals surface area contributed by atoms with Gasteiger partial charge in [-0.3, -0.25) is 4.21 Å². The second-order valence-electron chi connectivity index (χ2n) is 4.91. The van der Waals surface area contributed by atoms with Gasteiger partial charge in [0.1, 0.15) is 5.82 Å². The average molecular weight is 321 g/mol. The molecule has 1 unspecified atom stereocenters. The highest BCUT2D eigenvalue weighted by Crippen LogP contribution is 2.20. The fourth-order valence-corrected chi connectivity index (χ4v) is 2.77. The van der Waals surface area contributed by atoms with Crippen molar-refractivity contribution in [1.29, 1.82) is 0 Å². The first-order valence-corrected chi connectivity index (χ1v) is 7.84. The molecule has 0 radical (unpaired) electrons. The van der Waals surface area contributed by atoms with Gasteiger partial charge >= 0.3 is 0 Å². The van der Waals surface area contributed by atoms with E-state index in [1.54, 1.807) is 24.5 Å². The molecule has 1 atom stereocenters. The molecule has 0 bridgehead atoms. The zero-order valence-electron chi connectivity index (χ0n) is 11.7. The SMILES string of the molecule is O=S([O-])N1CCN(c2ncc(-c3ccc(F)cc3)cn2)CC1. The lowest BCUT2D eigenvalue weighted by Gasteiger charge is -2.35. The molecule has 2 aromatic rings. The summed E-state index contributed by atoms with van der Waals surface area (Å²) in [5, 5.41) is 0. The number of halogens is 1. The number of piperazine rings is 1. The van der Waals surface area contributed by atoms with Crippen LogP contribution in [0.15, 0.2) is 36.7 Å². The fourth-order valence-electron chi connectivity index (χ4n) is 2.31. The highest BCUT2D eigenvalue weighted by atomic mass is 32.2. The first-order chi connectivity index (χ1) is 10.6. The van der Waals surface area contributed by atoms with E-state index in [0.717, 1.165) is 11.1 Å². The van der Waals surface area contributed by atoms with E-state index in [0.29, 0.717) is 32.1 Å². The van der Waals surface area contributed by atoms with Gasteiger partial charge in [0.05, 0.1) is 0 Å². The number of benzene rings is 1. The highest BCUT2D eigenvalue weighted by Gasteiger charge is 2.19. The van der Waals surface area contributed by atoms with Gasteiger partial charge in [-0.05, 0) is 17.7 Å². The fraction of sp³-hybridized carbons (Fsp3) is 0.286. The first kappa shape index (κ1) is 15.0. The lowest BCUT2D eigenvalue weighted by Crippen LogP contribution is -2.47. The molecular formula is C14H14FN4O2S-. The maximum Gasteiger partial charge on any atom is 0.225 e. The van der Waals surface area contributed by atoms with E-state index in [-0.39, 0.29) is 5.82 Å². The summed E-state index contributed by atoms with van der Waals surface area (Å²) in [5.41, 5.74) is 1.66. The molecule has 0 N–H and O–H groups in total. The summed E-state index contributed by atoms with van der Waals surface area (Å²) < 4.78 is 36.0. The molecule has 8 heteroatoms.